The summed E-state index contributed by atoms with van der Waals surface area (Å²) in [5.41, 5.74) is 3.95. The zero-order chi connectivity index (χ0) is 13.1. The Balaban J connectivity index is 2.07. The molecule has 2 unspecified atom stereocenters. The summed E-state index contributed by atoms with van der Waals surface area (Å²) in [6, 6.07) is 7.02. The van der Waals surface area contributed by atoms with Gasteiger partial charge in [0.25, 0.3) is 0 Å². The molecule has 0 bridgehead atoms. The Labute approximate surface area is 108 Å². The van der Waals surface area contributed by atoms with Gasteiger partial charge in [0.15, 0.2) is 0 Å². The molecular formula is C14H20N4. The molecule has 4 nitrogen and oxygen atoms in total. The number of benzene rings is 1. The SMILES string of the molecule is Cc1ccc(C(C)NC(C)c2ncn[nH]2)cc1C. The molecule has 18 heavy (non-hydrogen) atoms. The Morgan fingerprint density at radius 3 is 2.50 bits per heavy atom. The molecule has 0 fully saturated rings. The van der Waals surface area contributed by atoms with E-state index in [1.165, 1.54) is 23.0 Å². The minimum atomic E-state index is 0.157. The van der Waals surface area contributed by atoms with Crippen molar-refractivity contribution in [3.05, 3.63) is 47.0 Å². The fourth-order valence-electron chi connectivity index (χ4n) is 2.01. The Bertz CT molecular complexity index is 505. The summed E-state index contributed by atoms with van der Waals surface area (Å²) in [6.45, 7) is 8.52. The average Bonchev–Trinajstić information content (AvgIpc) is 2.86. The number of aryl methyl sites for hydroxylation is 2. The number of aromatic amines is 1. The number of hydrogen-bond acceptors (Lipinski definition) is 3. The van der Waals surface area contributed by atoms with Crippen molar-refractivity contribution < 1.29 is 0 Å². The highest BCUT2D eigenvalue weighted by molar-refractivity contribution is 5.31. The van der Waals surface area contributed by atoms with Crippen LogP contribution >= 0.6 is 0 Å². The highest BCUT2D eigenvalue weighted by Gasteiger charge is 2.13. The van der Waals surface area contributed by atoms with Gasteiger partial charge in [-0.05, 0) is 44.4 Å². The number of H-pyrrole nitrogens is 1. The molecule has 0 saturated heterocycles. The first-order chi connectivity index (χ1) is 8.58. The number of aromatic nitrogens is 3. The van der Waals surface area contributed by atoms with Crippen LogP contribution in [-0.4, -0.2) is 15.2 Å². The molecule has 0 aliphatic rings. The van der Waals surface area contributed by atoms with Crippen LogP contribution in [0.15, 0.2) is 24.5 Å². The molecule has 2 aromatic rings. The lowest BCUT2D eigenvalue weighted by molar-refractivity contribution is 0.477. The van der Waals surface area contributed by atoms with Gasteiger partial charge in [-0.2, -0.15) is 5.10 Å². The van der Waals surface area contributed by atoms with Crippen LogP contribution in [0.1, 0.15) is 48.4 Å². The minimum absolute atomic E-state index is 0.157. The van der Waals surface area contributed by atoms with Crippen LogP contribution in [0.3, 0.4) is 0 Å². The first-order valence-corrected chi connectivity index (χ1v) is 6.26. The van der Waals surface area contributed by atoms with Crippen LogP contribution in [0.2, 0.25) is 0 Å². The lowest BCUT2D eigenvalue weighted by atomic mass is 10.0. The fourth-order valence-corrected chi connectivity index (χ4v) is 2.01. The molecule has 0 aliphatic carbocycles. The van der Waals surface area contributed by atoms with Crippen molar-refractivity contribution in [2.75, 3.05) is 0 Å². The summed E-state index contributed by atoms with van der Waals surface area (Å²) in [5, 5.41) is 10.3. The summed E-state index contributed by atoms with van der Waals surface area (Å²) in [7, 11) is 0. The fraction of sp³-hybridized carbons (Fsp3) is 0.429. The Kier molecular flexibility index (Phi) is 3.77. The Morgan fingerprint density at radius 1 is 1.11 bits per heavy atom. The Morgan fingerprint density at radius 2 is 1.89 bits per heavy atom. The third-order valence-electron chi connectivity index (χ3n) is 3.37. The van der Waals surface area contributed by atoms with Crippen molar-refractivity contribution in [1.29, 1.82) is 0 Å². The second-order valence-electron chi connectivity index (χ2n) is 4.82. The van der Waals surface area contributed by atoms with Gasteiger partial charge in [0.05, 0.1) is 6.04 Å². The van der Waals surface area contributed by atoms with E-state index in [0.29, 0.717) is 0 Å². The third-order valence-corrected chi connectivity index (χ3v) is 3.37. The van der Waals surface area contributed by atoms with E-state index in [4.69, 9.17) is 0 Å². The van der Waals surface area contributed by atoms with Crippen LogP contribution in [0.5, 0.6) is 0 Å². The van der Waals surface area contributed by atoms with Gasteiger partial charge in [-0.3, -0.25) is 5.10 Å². The topological polar surface area (TPSA) is 53.6 Å². The molecule has 2 atom stereocenters. The molecule has 0 amide bonds. The van der Waals surface area contributed by atoms with Crippen molar-refractivity contribution in [3.8, 4) is 0 Å². The van der Waals surface area contributed by atoms with Gasteiger partial charge in [0.1, 0.15) is 12.2 Å². The normalized spacial score (nSPS) is 14.4. The molecule has 0 aliphatic heterocycles. The molecular weight excluding hydrogens is 224 g/mol. The maximum atomic E-state index is 4.17. The first kappa shape index (κ1) is 12.8. The molecule has 0 spiro atoms. The average molecular weight is 244 g/mol. The van der Waals surface area contributed by atoms with Crippen LogP contribution in [-0.2, 0) is 0 Å². The molecule has 1 heterocycles. The lowest BCUT2D eigenvalue weighted by Gasteiger charge is -2.19. The second-order valence-corrected chi connectivity index (χ2v) is 4.82. The number of nitrogens with one attached hydrogen (secondary N) is 2. The van der Waals surface area contributed by atoms with E-state index in [-0.39, 0.29) is 12.1 Å². The predicted octanol–water partition coefficient (Wildman–Crippen LogP) is 2.83. The van der Waals surface area contributed by atoms with E-state index >= 15 is 0 Å². The number of rotatable bonds is 4. The van der Waals surface area contributed by atoms with Crippen LogP contribution in [0, 0.1) is 13.8 Å². The highest BCUT2D eigenvalue weighted by atomic mass is 15.2. The molecule has 1 aromatic heterocycles. The first-order valence-electron chi connectivity index (χ1n) is 6.26. The zero-order valence-electron chi connectivity index (χ0n) is 11.4. The van der Waals surface area contributed by atoms with Crippen molar-refractivity contribution in [1.82, 2.24) is 20.5 Å². The van der Waals surface area contributed by atoms with Gasteiger partial charge in [0.2, 0.25) is 0 Å². The highest BCUT2D eigenvalue weighted by Crippen LogP contribution is 2.19. The standard InChI is InChI=1S/C14H20N4/c1-9-5-6-13(7-10(9)2)11(3)17-12(4)14-15-8-16-18-14/h5-8,11-12,17H,1-4H3,(H,15,16,18). The molecule has 2 N–H and O–H groups in total. The quantitative estimate of drug-likeness (QED) is 0.869. The van der Waals surface area contributed by atoms with E-state index in [1.807, 2.05) is 0 Å². The molecule has 0 saturated carbocycles. The maximum Gasteiger partial charge on any atom is 0.141 e. The van der Waals surface area contributed by atoms with E-state index in [2.05, 4.69) is 66.4 Å². The lowest BCUT2D eigenvalue weighted by Crippen LogP contribution is -2.23. The van der Waals surface area contributed by atoms with Gasteiger partial charge in [-0.1, -0.05) is 18.2 Å². The van der Waals surface area contributed by atoms with Crippen molar-refractivity contribution in [2.24, 2.45) is 0 Å². The second kappa shape index (κ2) is 5.31. The van der Waals surface area contributed by atoms with Gasteiger partial charge in [0, 0.05) is 6.04 Å². The Hall–Kier alpha value is -1.68. The minimum Gasteiger partial charge on any atom is -0.301 e. The number of hydrogen-bond donors (Lipinski definition) is 2. The van der Waals surface area contributed by atoms with Gasteiger partial charge >= 0.3 is 0 Å². The number of nitrogens with zero attached hydrogens (tertiary/aromatic N) is 2. The van der Waals surface area contributed by atoms with E-state index in [9.17, 15) is 0 Å². The van der Waals surface area contributed by atoms with Crippen LogP contribution in [0.25, 0.3) is 0 Å². The van der Waals surface area contributed by atoms with Crippen molar-refractivity contribution >= 4 is 0 Å². The van der Waals surface area contributed by atoms with E-state index in [0.717, 1.165) is 5.82 Å². The summed E-state index contributed by atoms with van der Waals surface area (Å²) in [6.07, 6.45) is 1.54. The van der Waals surface area contributed by atoms with E-state index in [1.54, 1.807) is 0 Å². The predicted molar refractivity (Wildman–Crippen MR) is 72.3 cm³/mol. The summed E-state index contributed by atoms with van der Waals surface area (Å²) in [5.74, 6) is 0.866. The molecule has 4 heteroatoms. The largest absolute Gasteiger partial charge is 0.301 e. The summed E-state index contributed by atoms with van der Waals surface area (Å²) < 4.78 is 0. The van der Waals surface area contributed by atoms with Crippen LogP contribution < -0.4 is 5.32 Å². The zero-order valence-corrected chi connectivity index (χ0v) is 11.4. The summed E-state index contributed by atoms with van der Waals surface area (Å²) >= 11 is 0. The van der Waals surface area contributed by atoms with Gasteiger partial charge in [-0.25, -0.2) is 4.98 Å². The summed E-state index contributed by atoms with van der Waals surface area (Å²) in [4.78, 5) is 4.17. The smallest absolute Gasteiger partial charge is 0.141 e. The van der Waals surface area contributed by atoms with Crippen LogP contribution in [0.4, 0.5) is 0 Å². The molecule has 96 valence electrons. The molecule has 1 aromatic carbocycles. The van der Waals surface area contributed by atoms with Gasteiger partial charge in [-0.15, -0.1) is 0 Å². The monoisotopic (exact) mass is 244 g/mol. The van der Waals surface area contributed by atoms with Crippen molar-refractivity contribution in [3.63, 3.8) is 0 Å². The van der Waals surface area contributed by atoms with Crippen molar-refractivity contribution in [2.45, 2.75) is 39.8 Å². The maximum absolute atomic E-state index is 4.17. The molecule has 0 radical (unpaired) electrons. The van der Waals surface area contributed by atoms with Gasteiger partial charge < -0.3 is 5.32 Å². The van der Waals surface area contributed by atoms with E-state index < -0.39 is 0 Å². The molecule has 2 rings (SSSR count). The third kappa shape index (κ3) is 2.76.